The fourth-order valence-electron chi connectivity index (χ4n) is 2.96. The number of ether oxygens (including phenoxy) is 1. The van der Waals surface area contributed by atoms with Crippen molar-refractivity contribution in [1.29, 1.82) is 0 Å². The molecule has 0 saturated heterocycles. The number of aromatic amines is 1. The van der Waals surface area contributed by atoms with E-state index < -0.39 is 0 Å². The Labute approximate surface area is 170 Å². The Kier molecular flexibility index (Phi) is 7.77. The zero-order chi connectivity index (χ0) is 20.3. The van der Waals surface area contributed by atoms with Crippen molar-refractivity contribution in [3.05, 3.63) is 70.8 Å². The van der Waals surface area contributed by atoms with Crippen molar-refractivity contribution in [3.8, 4) is 17.0 Å². The van der Waals surface area contributed by atoms with Crippen molar-refractivity contribution in [1.82, 2.24) is 15.0 Å². The maximum absolute atomic E-state index is 12.0. The van der Waals surface area contributed by atoms with E-state index in [4.69, 9.17) is 10.5 Å². The summed E-state index contributed by atoms with van der Waals surface area (Å²) in [5.74, 6) is 1.26. The SMILES string of the molecule is NCCCCCCOc1ccccc1CNc1nc(-c2ccncc2)cc(=O)[nH]1. The minimum Gasteiger partial charge on any atom is -0.493 e. The van der Waals surface area contributed by atoms with E-state index in [0.29, 0.717) is 24.8 Å². The zero-order valence-corrected chi connectivity index (χ0v) is 16.4. The summed E-state index contributed by atoms with van der Waals surface area (Å²) in [6.07, 6.45) is 7.67. The molecule has 7 heteroatoms. The first-order valence-corrected chi connectivity index (χ1v) is 9.92. The molecule has 7 nitrogen and oxygen atoms in total. The predicted octanol–water partition coefficient (Wildman–Crippen LogP) is 3.34. The van der Waals surface area contributed by atoms with Gasteiger partial charge in [0.25, 0.3) is 5.56 Å². The second-order valence-corrected chi connectivity index (χ2v) is 6.73. The highest BCUT2D eigenvalue weighted by Crippen LogP contribution is 2.20. The molecule has 0 bridgehead atoms. The fraction of sp³-hybridized carbons (Fsp3) is 0.318. The monoisotopic (exact) mass is 393 g/mol. The third-order valence-corrected chi connectivity index (χ3v) is 4.49. The van der Waals surface area contributed by atoms with Crippen LogP contribution in [0.3, 0.4) is 0 Å². The number of hydrogen-bond acceptors (Lipinski definition) is 6. The molecule has 0 aliphatic carbocycles. The van der Waals surface area contributed by atoms with Crippen molar-refractivity contribution in [2.75, 3.05) is 18.5 Å². The van der Waals surface area contributed by atoms with Gasteiger partial charge in [-0.2, -0.15) is 0 Å². The van der Waals surface area contributed by atoms with Gasteiger partial charge in [0.1, 0.15) is 5.75 Å². The van der Waals surface area contributed by atoms with Crippen molar-refractivity contribution in [2.45, 2.75) is 32.2 Å². The molecule has 3 rings (SSSR count). The lowest BCUT2D eigenvalue weighted by molar-refractivity contribution is 0.302. The van der Waals surface area contributed by atoms with Gasteiger partial charge in [-0.25, -0.2) is 4.98 Å². The summed E-state index contributed by atoms with van der Waals surface area (Å²) in [5, 5.41) is 3.19. The number of H-pyrrole nitrogens is 1. The van der Waals surface area contributed by atoms with Gasteiger partial charge in [-0.15, -0.1) is 0 Å². The molecule has 0 atom stereocenters. The summed E-state index contributed by atoms with van der Waals surface area (Å²) >= 11 is 0. The van der Waals surface area contributed by atoms with Crippen LogP contribution in [0.25, 0.3) is 11.3 Å². The number of anilines is 1. The Balaban J connectivity index is 1.62. The minimum atomic E-state index is -0.212. The van der Waals surface area contributed by atoms with Crippen LogP contribution in [0.4, 0.5) is 5.95 Å². The Bertz CT molecular complexity index is 943. The van der Waals surface area contributed by atoms with Crippen molar-refractivity contribution < 1.29 is 4.74 Å². The van der Waals surface area contributed by atoms with Crippen molar-refractivity contribution in [2.24, 2.45) is 5.73 Å². The number of benzene rings is 1. The van der Waals surface area contributed by atoms with E-state index in [2.05, 4.69) is 20.3 Å². The van der Waals surface area contributed by atoms with Crippen LogP contribution in [0.2, 0.25) is 0 Å². The molecule has 0 fully saturated rings. The molecule has 3 aromatic rings. The van der Waals surface area contributed by atoms with Crippen LogP contribution in [0.1, 0.15) is 31.2 Å². The molecule has 2 heterocycles. The number of nitrogens with two attached hydrogens (primary N) is 1. The average molecular weight is 393 g/mol. The van der Waals surface area contributed by atoms with Gasteiger partial charge in [-0.1, -0.05) is 31.0 Å². The summed E-state index contributed by atoms with van der Waals surface area (Å²) in [5.41, 5.74) is 7.75. The molecule has 2 aromatic heterocycles. The van der Waals surface area contributed by atoms with E-state index in [0.717, 1.165) is 49.1 Å². The quantitative estimate of drug-likeness (QED) is 0.432. The second-order valence-electron chi connectivity index (χ2n) is 6.73. The fourth-order valence-corrected chi connectivity index (χ4v) is 2.96. The van der Waals surface area contributed by atoms with Crippen LogP contribution in [-0.2, 0) is 6.54 Å². The van der Waals surface area contributed by atoms with Gasteiger partial charge in [0.2, 0.25) is 5.95 Å². The van der Waals surface area contributed by atoms with Gasteiger partial charge < -0.3 is 15.8 Å². The number of rotatable bonds is 11. The minimum absolute atomic E-state index is 0.212. The van der Waals surface area contributed by atoms with Crippen LogP contribution in [0.15, 0.2) is 59.7 Å². The van der Waals surface area contributed by atoms with Crippen LogP contribution in [0, 0.1) is 0 Å². The first-order chi connectivity index (χ1) is 14.3. The van der Waals surface area contributed by atoms with E-state index in [1.54, 1.807) is 12.4 Å². The molecule has 0 radical (unpaired) electrons. The number of nitrogens with zero attached hydrogens (tertiary/aromatic N) is 2. The molecule has 1 aromatic carbocycles. The molecule has 0 unspecified atom stereocenters. The summed E-state index contributed by atoms with van der Waals surface area (Å²) in [6.45, 7) is 1.91. The highest BCUT2D eigenvalue weighted by atomic mass is 16.5. The van der Waals surface area contributed by atoms with E-state index in [9.17, 15) is 4.79 Å². The standard InChI is InChI=1S/C22H27N5O2/c23-11-5-1-2-6-14-29-20-8-4-3-7-18(20)16-25-22-26-19(15-21(28)27-22)17-9-12-24-13-10-17/h3-4,7-10,12-13,15H,1-2,5-6,11,14,16,23H2,(H2,25,26,27,28). The Hall–Kier alpha value is -3.19. The van der Waals surface area contributed by atoms with E-state index in [1.165, 1.54) is 6.07 Å². The van der Waals surface area contributed by atoms with Gasteiger partial charge in [-0.3, -0.25) is 14.8 Å². The first-order valence-electron chi connectivity index (χ1n) is 9.92. The molecule has 0 amide bonds. The summed E-state index contributed by atoms with van der Waals surface area (Å²) in [4.78, 5) is 23.3. The zero-order valence-electron chi connectivity index (χ0n) is 16.4. The third-order valence-electron chi connectivity index (χ3n) is 4.49. The molecule has 152 valence electrons. The Morgan fingerprint density at radius 3 is 2.66 bits per heavy atom. The Morgan fingerprint density at radius 1 is 1.03 bits per heavy atom. The molecule has 0 saturated carbocycles. The van der Waals surface area contributed by atoms with Crippen molar-refractivity contribution >= 4 is 5.95 Å². The van der Waals surface area contributed by atoms with E-state index in [-0.39, 0.29) is 5.56 Å². The number of unbranched alkanes of at least 4 members (excludes halogenated alkanes) is 3. The smallest absolute Gasteiger partial charge is 0.252 e. The number of hydrogen-bond donors (Lipinski definition) is 3. The normalized spacial score (nSPS) is 10.7. The number of pyridine rings is 1. The molecule has 0 spiro atoms. The van der Waals surface area contributed by atoms with Gasteiger partial charge in [-0.05, 0) is 37.6 Å². The largest absolute Gasteiger partial charge is 0.493 e. The second kappa shape index (κ2) is 11.0. The molecular formula is C22H27N5O2. The predicted molar refractivity (Wildman–Crippen MR) is 115 cm³/mol. The summed E-state index contributed by atoms with van der Waals surface area (Å²) in [6, 6.07) is 13.0. The lowest BCUT2D eigenvalue weighted by atomic mass is 10.2. The van der Waals surface area contributed by atoms with E-state index >= 15 is 0 Å². The average Bonchev–Trinajstić information content (AvgIpc) is 2.75. The molecule has 4 N–H and O–H groups in total. The highest BCUT2D eigenvalue weighted by Gasteiger charge is 2.07. The number of para-hydroxylation sites is 1. The van der Waals surface area contributed by atoms with Crippen molar-refractivity contribution in [3.63, 3.8) is 0 Å². The number of aromatic nitrogens is 3. The van der Waals surface area contributed by atoms with Gasteiger partial charge in [0.15, 0.2) is 0 Å². The van der Waals surface area contributed by atoms with Gasteiger partial charge in [0.05, 0.1) is 12.3 Å². The maximum Gasteiger partial charge on any atom is 0.252 e. The lowest BCUT2D eigenvalue weighted by Crippen LogP contribution is -2.13. The molecule has 0 aliphatic rings. The number of nitrogens with one attached hydrogen (secondary N) is 2. The van der Waals surface area contributed by atoms with Crippen LogP contribution < -0.4 is 21.3 Å². The highest BCUT2D eigenvalue weighted by molar-refractivity contribution is 5.59. The van der Waals surface area contributed by atoms with E-state index in [1.807, 2.05) is 36.4 Å². The molecule has 0 aliphatic heterocycles. The maximum atomic E-state index is 12.0. The third kappa shape index (κ3) is 6.43. The summed E-state index contributed by atoms with van der Waals surface area (Å²) < 4.78 is 5.95. The first kappa shape index (κ1) is 20.5. The van der Waals surface area contributed by atoms with Crippen LogP contribution in [0.5, 0.6) is 5.75 Å². The van der Waals surface area contributed by atoms with Gasteiger partial charge in [0, 0.05) is 36.1 Å². The summed E-state index contributed by atoms with van der Waals surface area (Å²) in [7, 11) is 0. The lowest BCUT2D eigenvalue weighted by Gasteiger charge is -2.13. The molecular weight excluding hydrogens is 366 g/mol. The molecule has 29 heavy (non-hydrogen) atoms. The van der Waals surface area contributed by atoms with Gasteiger partial charge >= 0.3 is 0 Å². The van der Waals surface area contributed by atoms with Crippen LogP contribution in [-0.4, -0.2) is 28.1 Å². The topological polar surface area (TPSA) is 106 Å². The van der Waals surface area contributed by atoms with Crippen LogP contribution >= 0.6 is 0 Å². The Morgan fingerprint density at radius 2 is 1.83 bits per heavy atom.